The van der Waals surface area contributed by atoms with Crippen LogP contribution in [0.15, 0.2) is 16.9 Å². The highest BCUT2D eigenvalue weighted by Crippen LogP contribution is 1.97. The molecule has 0 aliphatic heterocycles. The second-order valence-corrected chi connectivity index (χ2v) is 1.38. The second kappa shape index (κ2) is 2.78. The lowest BCUT2D eigenvalue weighted by atomic mass is 10.6. The summed E-state index contributed by atoms with van der Waals surface area (Å²) in [7, 11) is 0. The Morgan fingerprint density at radius 1 is 1.78 bits per heavy atom. The van der Waals surface area contributed by atoms with Crippen LogP contribution in [0.2, 0.25) is 0 Å². The van der Waals surface area contributed by atoms with E-state index in [4.69, 9.17) is 0 Å². The molecule has 46 valence electrons. The number of nitrogens with one attached hydrogen (secondary N) is 1. The van der Waals surface area contributed by atoms with Gasteiger partial charge < -0.3 is 4.52 Å². The van der Waals surface area contributed by atoms with E-state index in [1.54, 1.807) is 13.0 Å². The number of anilines is 1. The van der Waals surface area contributed by atoms with E-state index >= 15 is 0 Å². The molecule has 1 N–H and O–H groups in total. The van der Waals surface area contributed by atoms with Crippen molar-refractivity contribution in [2.75, 3.05) is 5.32 Å². The topological polar surface area (TPSA) is 38.1 Å². The molecule has 9 heavy (non-hydrogen) atoms. The Labute approximate surface area is 53.0 Å². The van der Waals surface area contributed by atoms with Crippen LogP contribution < -0.4 is 5.32 Å². The van der Waals surface area contributed by atoms with Gasteiger partial charge in [-0.25, -0.2) is 0 Å². The third kappa shape index (κ3) is 1.50. The lowest BCUT2D eigenvalue weighted by Crippen LogP contribution is -1.85. The minimum atomic E-state index is 0.643. The number of rotatable bonds is 1. The van der Waals surface area contributed by atoms with E-state index < -0.39 is 0 Å². The second-order valence-electron chi connectivity index (χ2n) is 1.38. The molecule has 3 heteroatoms. The summed E-state index contributed by atoms with van der Waals surface area (Å²) in [6, 6.07) is 4.33. The zero-order chi connectivity index (χ0) is 6.53. The Kier molecular flexibility index (Phi) is 1.76. The van der Waals surface area contributed by atoms with Crippen molar-refractivity contribution < 1.29 is 4.52 Å². The third-order valence-electron chi connectivity index (χ3n) is 0.753. The molecule has 1 aromatic heterocycles. The molecule has 1 aromatic rings. The van der Waals surface area contributed by atoms with Crippen molar-refractivity contribution in [3.63, 3.8) is 0 Å². The van der Waals surface area contributed by atoms with Gasteiger partial charge in [-0.15, -0.1) is 0 Å². The van der Waals surface area contributed by atoms with Gasteiger partial charge in [-0.1, -0.05) is 11.1 Å². The minimum Gasteiger partial charge on any atom is -0.363 e. The highest BCUT2D eigenvalue weighted by atomic mass is 16.5. The quantitative estimate of drug-likeness (QED) is 0.447. The van der Waals surface area contributed by atoms with Gasteiger partial charge in [0.2, 0.25) is 0 Å². The van der Waals surface area contributed by atoms with Gasteiger partial charge in [0.05, 0.1) is 0 Å². The van der Waals surface area contributed by atoms with Gasteiger partial charge in [-0.05, 0) is 6.92 Å². The van der Waals surface area contributed by atoms with Crippen LogP contribution in [0.5, 0.6) is 0 Å². The maximum Gasteiger partial charge on any atom is 0.180 e. The van der Waals surface area contributed by atoms with Gasteiger partial charge >= 0.3 is 0 Å². The zero-order valence-corrected chi connectivity index (χ0v) is 5.01. The van der Waals surface area contributed by atoms with E-state index in [0.29, 0.717) is 5.82 Å². The van der Waals surface area contributed by atoms with Crippen molar-refractivity contribution in [1.29, 1.82) is 0 Å². The van der Waals surface area contributed by atoms with Crippen LogP contribution >= 0.6 is 0 Å². The lowest BCUT2D eigenvalue weighted by Gasteiger charge is -1.82. The number of hydrogen-bond acceptors (Lipinski definition) is 3. The number of nitrogens with zero attached hydrogens (tertiary/aromatic N) is 1. The molecule has 0 saturated heterocycles. The van der Waals surface area contributed by atoms with E-state index in [9.17, 15) is 0 Å². The normalized spacial score (nSPS) is 7.67. The Balaban J connectivity index is 2.54. The summed E-state index contributed by atoms with van der Waals surface area (Å²) in [4.78, 5) is 0. The summed E-state index contributed by atoms with van der Waals surface area (Å²) < 4.78 is 4.53. The average Bonchev–Trinajstić information content (AvgIpc) is 2.34. The highest BCUT2D eigenvalue weighted by Gasteiger charge is 1.87. The maximum atomic E-state index is 4.53. The molecule has 0 atom stereocenters. The van der Waals surface area contributed by atoms with E-state index in [1.807, 2.05) is 0 Å². The van der Waals surface area contributed by atoms with Crippen LogP contribution in [0.25, 0.3) is 0 Å². The molecule has 1 heterocycles. The van der Waals surface area contributed by atoms with Crippen LogP contribution in [0.1, 0.15) is 6.92 Å². The predicted octanol–water partition coefficient (Wildman–Crippen LogP) is 1.07. The van der Waals surface area contributed by atoms with Gasteiger partial charge in [0.1, 0.15) is 6.26 Å². The van der Waals surface area contributed by atoms with Crippen LogP contribution in [0, 0.1) is 12.0 Å². The zero-order valence-electron chi connectivity index (χ0n) is 5.01. The fourth-order valence-electron chi connectivity index (χ4n) is 0.404. The molecule has 0 fully saturated rings. The summed E-state index contributed by atoms with van der Waals surface area (Å²) in [6.45, 7) is 1.74. The van der Waals surface area contributed by atoms with Gasteiger partial charge in [-0.2, -0.15) is 0 Å². The molecule has 3 nitrogen and oxygen atoms in total. The SMILES string of the molecule is CC#CNc1ccon1. The van der Waals surface area contributed by atoms with Crippen molar-refractivity contribution in [3.05, 3.63) is 12.3 Å². The predicted molar refractivity (Wildman–Crippen MR) is 33.6 cm³/mol. The minimum absolute atomic E-state index is 0.643. The first kappa shape index (κ1) is 5.70. The van der Waals surface area contributed by atoms with Crippen LogP contribution in [0.3, 0.4) is 0 Å². The van der Waals surface area contributed by atoms with Gasteiger partial charge in [-0.3, -0.25) is 5.32 Å². The molecule has 0 saturated carbocycles. The van der Waals surface area contributed by atoms with Crippen molar-refractivity contribution in [1.82, 2.24) is 5.16 Å². The summed E-state index contributed by atoms with van der Waals surface area (Å²) in [5.41, 5.74) is 0. The molecule has 0 aliphatic rings. The largest absolute Gasteiger partial charge is 0.363 e. The molecular weight excluding hydrogens is 116 g/mol. The van der Waals surface area contributed by atoms with E-state index in [-0.39, 0.29) is 0 Å². The van der Waals surface area contributed by atoms with Crippen LogP contribution in [0.4, 0.5) is 5.82 Å². The summed E-state index contributed by atoms with van der Waals surface area (Å²) in [5, 5.41) is 6.27. The van der Waals surface area contributed by atoms with Crippen LogP contribution in [-0.2, 0) is 0 Å². The molecule has 0 bridgehead atoms. The molecule has 0 amide bonds. The molecule has 1 rings (SSSR count). The fraction of sp³-hybridized carbons (Fsp3) is 0.167. The van der Waals surface area contributed by atoms with Gasteiger partial charge in [0.25, 0.3) is 0 Å². The Bertz CT molecular complexity index is 217. The number of hydrogen-bond donors (Lipinski definition) is 1. The Hall–Kier alpha value is -1.43. The van der Waals surface area contributed by atoms with Crippen molar-refractivity contribution in [2.24, 2.45) is 0 Å². The highest BCUT2D eigenvalue weighted by molar-refractivity contribution is 5.37. The van der Waals surface area contributed by atoms with E-state index in [2.05, 4.69) is 27.0 Å². The van der Waals surface area contributed by atoms with E-state index in [1.165, 1.54) is 6.26 Å². The molecule has 0 spiro atoms. The van der Waals surface area contributed by atoms with Gasteiger partial charge in [0, 0.05) is 12.1 Å². The first-order valence-electron chi connectivity index (χ1n) is 2.51. The summed E-state index contributed by atoms with van der Waals surface area (Å²) in [6.07, 6.45) is 1.49. The molecule has 0 unspecified atom stereocenters. The first-order valence-corrected chi connectivity index (χ1v) is 2.51. The Morgan fingerprint density at radius 3 is 3.22 bits per heavy atom. The monoisotopic (exact) mass is 122 g/mol. The fourth-order valence-corrected chi connectivity index (χ4v) is 0.404. The van der Waals surface area contributed by atoms with E-state index in [0.717, 1.165) is 0 Å². The first-order chi connectivity index (χ1) is 4.43. The van der Waals surface area contributed by atoms with Crippen molar-refractivity contribution in [3.8, 4) is 12.0 Å². The van der Waals surface area contributed by atoms with Crippen molar-refractivity contribution >= 4 is 5.82 Å². The lowest BCUT2D eigenvalue weighted by molar-refractivity contribution is 0.423. The van der Waals surface area contributed by atoms with Crippen molar-refractivity contribution in [2.45, 2.75) is 6.92 Å². The molecule has 0 radical (unpaired) electrons. The standard InChI is InChI=1S/C6H6N2O/c1-2-4-7-6-3-5-9-8-6/h3,5H,1H3,(H,7,8). The smallest absolute Gasteiger partial charge is 0.180 e. The molecule has 0 aromatic carbocycles. The Morgan fingerprint density at radius 2 is 2.67 bits per heavy atom. The van der Waals surface area contributed by atoms with Crippen LogP contribution in [-0.4, -0.2) is 5.16 Å². The third-order valence-corrected chi connectivity index (χ3v) is 0.753. The summed E-state index contributed by atoms with van der Waals surface area (Å²) in [5.74, 6) is 3.31. The number of aromatic nitrogens is 1. The molecule has 0 aliphatic carbocycles. The maximum absolute atomic E-state index is 4.53. The van der Waals surface area contributed by atoms with Gasteiger partial charge in [0.15, 0.2) is 5.82 Å². The molecular formula is C6H6N2O. The summed E-state index contributed by atoms with van der Waals surface area (Å²) >= 11 is 0. The average molecular weight is 122 g/mol.